The van der Waals surface area contributed by atoms with Crippen LogP contribution < -0.4 is 5.32 Å². The number of β-lactam (4-membered cyclic amide) rings is 1. The zero-order chi connectivity index (χ0) is 21.3. The van der Waals surface area contributed by atoms with E-state index in [9.17, 15) is 24.6 Å². The van der Waals surface area contributed by atoms with Gasteiger partial charge in [0.25, 0.3) is 11.8 Å². The third-order valence-electron chi connectivity index (χ3n) is 4.80. The molecule has 3 N–H and O–H groups in total. The number of aromatic nitrogens is 3. The minimum Gasteiger partial charge on any atom is -0.477 e. The first-order valence-electron chi connectivity index (χ1n) is 8.87. The molecule has 156 valence electrons. The van der Waals surface area contributed by atoms with E-state index in [1.807, 2.05) is 0 Å². The van der Waals surface area contributed by atoms with E-state index in [4.69, 9.17) is 0 Å². The zero-order valence-corrected chi connectivity index (χ0v) is 17.0. The van der Waals surface area contributed by atoms with Gasteiger partial charge in [0.05, 0.1) is 18.1 Å². The SMILES string of the molecule is O=C(O)C1=CCS[C@@H]2N1C(=O)C2(CSn1ccnn1)NC(=O)C(O)c1ccccc1. The van der Waals surface area contributed by atoms with Crippen molar-refractivity contribution in [3.63, 3.8) is 0 Å². The molecule has 2 amide bonds. The standard InChI is InChI=1S/C18H17N5O5S2/c24-13(11-4-2-1-3-5-11)14(25)20-18(10-30-22-8-7-19-21-22)16(28)23-12(15(26)27)6-9-29-17(18)23/h1-8,13,17,24H,9-10H2,(H,20,25)(H,26,27)/t13?,17-,18?/m0/s1. The molecule has 1 aromatic carbocycles. The summed E-state index contributed by atoms with van der Waals surface area (Å²) in [5.74, 6) is -2.02. The number of aliphatic hydroxyl groups is 1. The first kappa shape index (κ1) is 20.4. The minimum atomic E-state index is -1.47. The van der Waals surface area contributed by atoms with Gasteiger partial charge in [0, 0.05) is 5.75 Å². The van der Waals surface area contributed by atoms with Gasteiger partial charge in [0.1, 0.15) is 11.1 Å². The number of rotatable bonds is 7. The molecule has 3 heterocycles. The predicted molar refractivity (Wildman–Crippen MR) is 109 cm³/mol. The van der Waals surface area contributed by atoms with Crippen LogP contribution >= 0.6 is 23.7 Å². The van der Waals surface area contributed by atoms with Crippen LogP contribution in [-0.4, -0.2) is 69.7 Å². The maximum absolute atomic E-state index is 13.1. The molecule has 0 aliphatic carbocycles. The van der Waals surface area contributed by atoms with E-state index < -0.39 is 34.8 Å². The molecule has 0 saturated carbocycles. The second-order valence-electron chi connectivity index (χ2n) is 6.61. The number of hydrogen-bond donors (Lipinski definition) is 3. The average Bonchev–Trinajstić information content (AvgIpc) is 3.29. The lowest BCUT2D eigenvalue weighted by atomic mass is 9.88. The average molecular weight is 447 g/mol. The van der Waals surface area contributed by atoms with Crippen molar-refractivity contribution in [3.05, 3.63) is 60.1 Å². The molecule has 30 heavy (non-hydrogen) atoms. The quantitative estimate of drug-likeness (QED) is 0.510. The highest BCUT2D eigenvalue weighted by atomic mass is 32.2. The number of aliphatic carboxylic acids is 1. The summed E-state index contributed by atoms with van der Waals surface area (Å²) in [6, 6.07) is 8.36. The van der Waals surface area contributed by atoms with E-state index in [-0.39, 0.29) is 11.4 Å². The minimum absolute atomic E-state index is 0.0868. The van der Waals surface area contributed by atoms with Crippen LogP contribution in [0.2, 0.25) is 0 Å². The predicted octanol–water partition coefficient (Wildman–Crippen LogP) is 0.247. The molecule has 2 aliphatic heterocycles. The molecule has 0 bridgehead atoms. The fraction of sp³-hybridized carbons (Fsp3) is 0.278. The summed E-state index contributed by atoms with van der Waals surface area (Å²) < 4.78 is 1.44. The molecule has 12 heteroatoms. The molecule has 1 aromatic heterocycles. The molecule has 2 unspecified atom stereocenters. The number of benzene rings is 1. The Hall–Kier alpha value is -2.83. The number of carboxylic acid groups (broad SMARTS) is 1. The van der Waals surface area contributed by atoms with Crippen molar-refractivity contribution < 1.29 is 24.6 Å². The van der Waals surface area contributed by atoms with Gasteiger partial charge in [0.2, 0.25) is 0 Å². The molecule has 0 radical (unpaired) electrons. The summed E-state index contributed by atoms with van der Waals surface area (Å²) >= 11 is 2.49. The van der Waals surface area contributed by atoms with Crippen molar-refractivity contribution in [2.45, 2.75) is 17.0 Å². The maximum Gasteiger partial charge on any atom is 0.352 e. The highest BCUT2D eigenvalue weighted by molar-refractivity contribution is 8.00. The Balaban J connectivity index is 1.60. The molecular formula is C18H17N5O5S2. The van der Waals surface area contributed by atoms with Crippen molar-refractivity contribution in [1.29, 1.82) is 0 Å². The van der Waals surface area contributed by atoms with Crippen LogP contribution in [0.3, 0.4) is 0 Å². The number of fused-ring (bicyclic) bond motifs is 1. The van der Waals surface area contributed by atoms with Crippen LogP contribution in [-0.2, 0) is 14.4 Å². The number of carbonyl (C=O) groups is 3. The lowest BCUT2D eigenvalue weighted by molar-refractivity contribution is -0.158. The number of hydrogen-bond acceptors (Lipinski definition) is 8. The number of carboxylic acids is 1. The molecular weight excluding hydrogens is 430 g/mol. The van der Waals surface area contributed by atoms with Crippen LogP contribution in [0.15, 0.2) is 54.5 Å². The number of amides is 2. The molecule has 1 fully saturated rings. The van der Waals surface area contributed by atoms with Gasteiger partial charge in [-0.15, -0.1) is 16.9 Å². The fourth-order valence-electron chi connectivity index (χ4n) is 3.33. The molecule has 2 aliphatic rings. The number of nitrogens with zero attached hydrogens (tertiary/aromatic N) is 4. The summed E-state index contributed by atoms with van der Waals surface area (Å²) in [4.78, 5) is 38.7. The summed E-state index contributed by atoms with van der Waals surface area (Å²) in [5, 5.41) is 29.5. The van der Waals surface area contributed by atoms with Gasteiger partial charge < -0.3 is 15.5 Å². The van der Waals surface area contributed by atoms with E-state index in [0.29, 0.717) is 11.3 Å². The highest BCUT2D eigenvalue weighted by Gasteiger charge is 2.65. The summed E-state index contributed by atoms with van der Waals surface area (Å²) in [6.07, 6.45) is 3.07. The Kier molecular flexibility index (Phi) is 5.54. The molecule has 3 atom stereocenters. The van der Waals surface area contributed by atoms with Crippen molar-refractivity contribution in [2.75, 3.05) is 11.5 Å². The Morgan fingerprint density at radius 1 is 1.37 bits per heavy atom. The van der Waals surface area contributed by atoms with Crippen LogP contribution in [0.4, 0.5) is 0 Å². The van der Waals surface area contributed by atoms with Crippen LogP contribution in [0, 0.1) is 0 Å². The second-order valence-corrected chi connectivity index (χ2v) is 8.64. The third kappa shape index (κ3) is 3.46. The van der Waals surface area contributed by atoms with Gasteiger partial charge >= 0.3 is 5.97 Å². The first-order valence-corrected chi connectivity index (χ1v) is 10.9. The summed E-state index contributed by atoms with van der Waals surface area (Å²) in [6.45, 7) is 0. The van der Waals surface area contributed by atoms with Gasteiger partial charge in [-0.2, -0.15) is 4.09 Å². The summed E-state index contributed by atoms with van der Waals surface area (Å²) in [7, 11) is 0. The number of nitrogens with one attached hydrogen (secondary N) is 1. The van der Waals surface area contributed by atoms with Gasteiger partial charge in [0.15, 0.2) is 11.6 Å². The molecule has 10 nitrogen and oxygen atoms in total. The van der Waals surface area contributed by atoms with Crippen molar-refractivity contribution >= 4 is 41.5 Å². The molecule has 4 rings (SSSR count). The monoisotopic (exact) mass is 447 g/mol. The number of carbonyl (C=O) groups excluding carboxylic acids is 2. The second kappa shape index (κ2) is 8.13. The zero-order valence-electron chi connectivity index (χ0n) is 15.4. The first-order chi connectivity index (χ1) is 14.4. The third-order valence-corrected chi connectivity index (χ3v) is 7.13. The fourth-order valence-corrected chi connectivity index (χ4v) is 5.69. The van der Waals surface area contributed by atoms with Crippen molar-refractivity contribution in [1.82, 2.24) is 24.6 Å². The van der Waals surface area contributed by atoms with E-state index in [1.54, 1.807) is 36.5 Å². The lowest BCUT2D eigenvalue weighted by Crippen LogP contribution is -2.81. The Labute approximate surface area is 179 Å². The molecule has 0 spiro atoms. The maximum atomic E-state index is 13.1. The van der Waals surface area contributed by atoms with E-state index in [2.05, 4.69) is 15.6 Å². The van der Waals surface area contributed by atoms with Crippen molar-refractivity contribution in [2.24, 2.45) is 0 Å². The number of thioether (sulfide) groups is 1. The van der Waals surface area contributed by atoms with Crippen LogP contribution in [0.25, 0.3) is 0 Å². The van der Waals surface area contributed by atoms with Gasteiger partial charge in [-0.05, 0) is 23.6 Å². The van der Waals surface area contributed by atoms with Crippen molar-refractivity contribution in [3.8, 4) is 0 Å². The van der Waals surface area contributed by atoms with Gasteiger partial charge in [-0.25, -0.2) is 4.79 Å². The Morgan fingerprint density at radius 2 is 2.13 bits per heavy atom. The molecule has 2 aromatic rings. The lowest BCUT2D eigenvalue weighted by Gasteiger charge is -2.56. The Morgan fingerprint density at radius 3 is 2.80 bits per heavy atom. The normalized spacial score (nSPS) is 23.8. The largest absolute Gasteiger partial charge is 0.477 e. The molecule has 1 saturated heterocycles. The highest BCUT2D eigenvalue weighted by Crippen LogP contribution is 2.46. The smallest absolute Gasteiger partial charge is 0.352 e. The van der Waals surface area contributed by atoms with E-state index in [1.165, 1.54) is 33.0 Å². The van der Waals surface area contributed by atoms with Crippen LogP contribution in [0.1, 0.15) is 11.7 Å². The van der Waals surface area contributed by atoms with E-state index >= 15 is 0 Å². The summed E-state index contributed by atoms with van der Waals surface area (Å²) in [5.41, 5.74) is -1.12. The van der Waals surface area contributed by atoms with Gasteiger partial charge in [-0.1, -0.05) is 35.5 Å². The van der Waals surface area contributed by atoms with Gasteiger partial charge in [-0.3, -0.25) is 14.5 Å². The van der Waals surface area contributed by atoms with Crippen LogP contribution in [0.5, 0.6) is 0 Å². The topological polar surface area (TPSA) is 138 Å². The Bertz CT molecular complexity index is 1000. The van der Waals surface area contributed by atoms with E-state index in [0.717, 1.165) is 11.9 Å². The number of aliphatic hydroxyl groups excluding tert-OH is 1.